The van der Waals surface area contributed by atoms with Crippen LogP contribution in [0.3, 0.4) is 0 Å². The highest BCUT2D eigenvalue weighted by atomic mass is 127. The van der Waals surface area contributed by atoms with E-state index >= 15 is 0 Å². The van der Waals surface area contributed by atoms with Gasteiger partial charge in [0, 0.05) is 44.7 Å². The first kappa shape index (κ1) is 24.3. The molecule has 0 saturated carbocycles. The molecule has 0 aromatic heterocycles. The summed E-state index contributed by atoms with van der Waals surface area (Å²) in [6.45, 7) is 16.0. The molecule has 2 heterocycles. The maximum Gasteiger partial charge on any atom is 0.410 e. The lowest BCUT2D eigenvalue weighted by atomic mass is 9.87. The van der Waals surface area contributed by atoms with Gasteiger partial charge in [0.15, 0.2) is 5.96 Å². The van der Waals surface area contributed by atoms with Gasteiger partial charge in [-0.25, -0.2) is 4.79 Å². The molecular formula is C19H37IN4O3. The molecule has 2 aliphatic heterocycles. The average molecular weight is 496 g/mol. The van der Waals surface area contributed by atoms with E-state index in [0.29, 0.717) is 25.0 Å². The van der Waals surface area contributed by atoms with E-state index in [2.05, 4.69) is 17.1 Å². The van der Waals surface area contributed by atoms with Gasteiger partial charge in [0.1, 0.15) is 5.60 Å². The molecule has 1 amide bonds. The molecule has 1 spiro atoms. The van der Waals surface area contributed by atoms with Gasteiger partial charge in [0.25, 0.3) is 0 Å². The number of ether oxygens (including phenoxy) is 2. The van der Waals surface area contributed by atoms with Crippen LogP contribution in [0.15, 0.2) is 4.99 Å². The average Bonchev–Trinajstić information content (AvgIpc) is 3.19. The Balaban J connectivity index is 0.00000364. The maximum atomic E-state index is 12.2. The summed E-state index contributed by atoms with van der Waals surface area (Å²) in [5.74, 6) is 0.941. The van der Waals surface area contributed by atoms with E-state index < -0.39 is 5.60 Å². The molecule has 2 aliphatic rings. The molecule has 158 valence electrons. The molecule has 1 atom stereocenters. The first-order valence-corrected chi connectivity index (χ1v) is 9.87. The van der Waals surface area contributed by atoms with E-state index in [9.17, 15) is 4.79 Å². The number of amides is 1. The zero-order valence-corrected chi connectivity index (χ0v) is 19.9. The van der Waals surface area contributed by atoms with Crippen molar-refractivity contribution in [3.05, 3.63) is 0 Å². The fourth-order valence-electron chi connectivity index (χ4n) is 3.49. The monoisotopic (exact) mass is 496 g/mol. The van der Waals surface area contributed by atoms with Crippen molar-refractivity contribution < 1.29 is 14.3 Å². The van der Waals surface area contributed by atoms with Crippen molar-refractivity contribution in [1.82, 2.24) is 15.1 Å². The smallest absolute Gasteiger partial charge is 0.410 e. The normalized spacial score (nSPS) is 22.7. The summed E-state index contributed by atoms with van der Waals surface area (Å²) >= 11 is 0. The largest absolute Gasteiger partial charge is 0.444 e. The van der Waals surface area contributed by atoms with Crippen LogP contribution in [0.2, 0.25) is 0 Å². The molecule has 27 heavy (non-hydrogen) atoms. The quantitative estimate of drug-likeness (QED) is 0.360. The summed E-state index contributed by atoms with van der Waals surface area (Å²) in [5.41, 5.74) is -0.169. The Hall–Kier alpha value is -0.770. The van der Waals surface area contributed by atoms with Crippen molar-refractivity contribution in [2.75, 3.05) is 52.5 Å². The number of carbonyl (C=O) groups is 1. The topological polar surface area (TPSA) is 66.4 Å². The maximum absolute atomic E-state index is 12.2. The number of guanidine groups is 1. The van der Waals surface area contributed by atoms with Crippen molar-refractivity contribution in [3.8, 4) is 0 Å². The molecule has 0 aromatic rings. The molecule has 0 aromatic carbocycles. The summed E-state index contributed by atoms with van der Waals surface area (Å²) in [4.78, 5) is 21.0. The van der Waals surface area contributed by atoms with Crippen LogP contribution in [0, 0.1) is 5.41 Å². The van der Waals surface area contributed by atoms with E-state index in [1.54, 1.807) is 4.90 Å². The van der Waals surface area contributed by atoms with Crippen molar-refractivity contribution in [3.63, 3.8) is 0 Å². The highest BCUT2D eigenvalue weighted by Gasteiger charge is 2.42. The minimum Gasteiger partial charge on any atom is -0.444 e. The third-order valence-corrected chi connectivity index (χ3v) is 4.92. The number of hydrogen-bond donors (Lipinski definition) is 1. The van der Waals surface area contributed by atoms with Gasteiger partial charge in [-0.05, 0) is 47.5 Å². The summed E-state index contributed by atoms with van der Waals surface area (Å²) in [5, 5.41) is 3.39. The van der Waals surface area contributed by atoms with Crippen LogP contribution in [-0.4, -0.2) is 79.9 Å². The molecular weight excluding hydrogens is 459 g/mol. The van der Waals surface area contributed by atoms with Crippen molar-refractivity contribution in [1.29, 1.82) is 0 Å². The third-order valence-electron chi connectivity index (χ3n) is 4.92. The summed E-state index contributed by atoms with van der Waals surface area (Å²) in [7, 11) is 0. The van der Waals surface area contributed by atoms with Gasteiger partial charge in [0.2, 0.25) is 0 Å². The molecule has 1 N–H and O–H groups in total. The fraction of sp³-hybridized carbons (Fsp3) is 0.895. The van der Waals surface area contributed by atoms with Crippen molar-refractivity contribution in [2.24, 2.45) is 10.4 Å². The second-order valence-electron chi connectivity index (χ2n) is 8.27. The Morgan fingerprint density at radius 3 is 2.63 bits per heavy atom. The van der Waals surface area contributed by atoms with Crippen LogP contribution in [0.4, 0.5) is 4.79 Å². The van der Waals surface area contributed by atoms with E-state index in [0.717, 1.165) is 51.6 Å². The van der Waals surface area contributed by atoms with Gasteiger partial charge in [-0.2, -0.15) is 0 Å². The lowest BCUT2D eigenvalue weighted by molar-refractivity contribution is 0.0266. The third kappa shape index (κ3) is 7.29. The van der Waals surface area contributed by atoms with Crippen LogP contribution < -0.4 is 5.32 Å². The van der Waals surface area contributed by atoms with E-state index in [-0.39, 0.29) is 30.1 Å². The minimum absolute atomic E-state index is 0. The number of nitrogens with zero attached hydrogens (tertiary/aromatic N) is 3. The molecule has 2 saturated heterocycles. The number of nitrogens with one attached hydrogen (secondary N) is 1. The van der Waals surface area contributed by atoms with Crippen LogP contribution in [0.25, 0.3) is 0 Å². The molecule has 2 rings (SSSR count). The predicted octanol–water partition coefficient (Wildman–Crippen LogP) is 2.94. The Morgan fingerprint density at radius 1 is 1.33 bits per heavy atom. The second-order valence-corrected chi connectivity index (χ2v) is 8.27. The number of likely N-dealkylation sites (N-methyl/N-ethyl adjacent to an activating group) is 1. The molecule has 2 fully saturated rings. The summed E-state index contributed by atoms with van der Waals surface area (Å²) < 4.78 is 11.1. The molecule has 0 radical (unpaired) electrons. The summed E-state index contributed by atoms with van der Waals surface area (Å²) in [6, 6.07) is 0. The van der Waals surface area contributed by atoms with E-state index in [1.807, 2.05) is 27.7 Å². The van der Waals surface area contributed by atoms with Crippen molar-refractivity contribution >= 4 is 36.0 Å². The number of rotatable bonds is 5. The lowest BCUT2D eigenvalue weighted by Gasteiger charge is -2.27. The minimum atomic E-state index is -0.476. The standard InChI is InChI=1S/C19H36N4O3.HI/c1-6-20-16(23-11-8-19(14-23)9-13-25-15-19)21-10-12-22(7-2)17(24)26-18(3,4)5;/h6-15H2,1-5H3,(H,20,21);1H. The number of likely N-dealkylation sites (tertiary alicyclic amines) is 1. The van der Waals surface area contributed by atoms with Crippen LogP contribution in [0.1, 0.15) is 47.5 Å². The highest BCUT2D eigenvalue weighted by Crippen LogP contribution is 2.38. The highest BCUT2D eigenvalue weighted by molar-refractivity contribution is 14.0. The lowest BCUT2D eigenvalue weighted by Crippen LogP contribution is -2.42. The number of hydrogen-bond acceptors (Lipinski definition) is 4. The van der Waals surface area contributed by atoms with Gasteiger partial charge in [-0.3, -0.25) is 4.99 Å². The molecule has 8 heteroatoms. The van der Waals surface area contributed by atoms with Gasteiger partial charge in [0.05, 0.1) is 13.2 Å². The SMILES string of the molecule is CCNC(=NCCN(CC)C(=O)OC(C)(C)C)N1CCC2(CCOC2)C1.I. The molecule has 0 bridgehead atoms. The number of aliphatic imine (C=N–C) groups is 1. The Bertz CT molecular complexity index is 502. The van der Waals surface area contributed by atoms with Gasteiger partial charge >= 0.3 is 6.09 Å². The first-order valence-electron chi connectivity index (χ1n) is 9.87. The van der Waals surface area contributed by atoms with Crippen LogP contribution in [-0.2, 0) is 9.47 Å². The van der Waals surface area contributed by atoms with Crippen LogP contribution >= 0.6 is 24.0 Å². The predicted molar refractivity (Wildman–Crippen MR) is 119 cm³/mol. The first-order chi connectivity index (χ1) is 12.3. The number of halogens is 1. The molecule has 7 nitrogen and oxygen atoms in total. The second kappa shape index (κ2) is 10.7. The molecule has 1 unspecified atom stereocenters. The van der Waals surface area contributed by atoms with E-state index in [1.165, 1.54) is 0 Å². The molecule has 0 aliphatic carbocycles. The van der Waals surface area contributed by atoms with E-state index in [4.69, 9.17) is 14.5 Å². The number of carbonyl (C=O) groups excluding carboxylic acids is 1. The van der Waals surface area contributed by atoms with Gasteiger partial charge in [-0.1, -0.05) is 0 Å². The Morgan fingerprint density at radius 2 is 2.07 bits per heavy atom. The summed E-state index contributed by atoms with van der Waals surface area (Å²) in [6.07, 6.45) is 2.03. The zero-order valence-electron chi connectivity index (χ0n) is 17.5. The Labute approximate surface area is 181 Å². The van der Waals surface area contributed by atoms with Gasteiger partial charge in [-0.15, -0.1) is 24.0 Å². The van der Waals surface area contributed by atoms with Crippen molar-refractivity contribution in [2.45, 2.75) is 53.1 Å². The Kier molecular flexibility index (Phi) is 9.61. The zero-order chi connectivity index (χ0) is 19.2. The van der Waals surface area contributed by atoms with Crippen LogP contribution in [0.5, 0.6) is 0 Å². The van der Waals surface area contributed by atoms with Gasteiger partial charge < -0.3 is 24.6 Å². The fourth-order valence-corrected chi connectivity index (χ4v) is 3.49.